The van der Waals surface area contributed by atoms with E-state index in [-0.39, 0.29) is 24.0 Å². The first-order chi connectivity index (χ1) is 14.1. The van der Waals surface area contributed by atoms with E-state index in [9.17, 15) is 4.79 Å². The molecular formula is C23H32IN5O. The molecule has 0 atom stereocenters. The minimum absolute atomic E-state index is 0. The fourth-order valence-corrected chi connectivity index (χ4v) is 3.52. The lowest BCUT2D eigenvalue weighted by atomic mass is 10.1. The van der Waals surface area contributed by atoms with Crippen molar-refractivity contribution in [1.82, 2.24) is 15.5 Å². The molecule has 30 heavy (non-hydrogen) atoms. The Balaban J connectivity index is 0.00000320. The van der Waals surface area contributed by atoms with Crippen LogP contribution in [0, 0.1) is 0 Å². The molecule has 1 heterocycles. The van der Waals surface area contributed by atoms with E-state index < -0.39 is 5.91 Å². The lowest BCUT2D eigenvalue weighted by Crippen LogP contribution is -2.36. The fraction of sp³-hybridized carbons (Fsp3) is 0.391. The average molecular weight is 521 g/mol. The molecule has 0 bridgehead atoms. The van der Waals surface area contributed by atoms with Crippen molar-refractivity contribution in [2.24, 2.45) is 10.7 Å². The fourth-order valence-electron chi connectivity index (χ4n) is 3.52. The molecule has 1 fully saturated rings. The van der Waals surface area contributed by atoms with Crippen molar-refractivity contribution < 1.29 is 4.79 Å². The van der Waals surface area contributed by atoms with Gasteiger partial charge in [0.1, 0.15) is 0 Å². The van der Waals surface area contributed by atoms with Gasteiger partial charge >= 0.3 is 0 Å². The number of amides is 1. The van der Waals surface area contributed by atoms with Crippen molar-refractivity contribution in [3.05, 3.63) is 70.8 Å². The second-order valence-corrected chi connectivity index (χ2v) is 7.49. The third kappa shape index (κ3) is 7.60. The maximum atomic E-state index is 11.1. The molecule has 3 rings (SSSR count). The Morgan fingerprint density at radius 2 is 1.40 bits per heavy atom. The highest BCUT2D eigenvalue weighted by atomic mass is 127. The number of halogens is 1. The van der Waals surface area contributed by atoms with Crippen LogP contribution < -0.4 is 16.4 Å². The van der Waals surface area contributed by atoms with Gasteiger partial charge in [-0.15, -0.1) is 24.0 Å². The van der Waals surface area contributed by atoms with Gasteiger partial charge in [0.2, 0.25) is 5.91 Å². The zero-order chi connectivity index (χ0) is 20.5. The zero-order valence-electron chi connectivity index (χ0n) is 17.6. The Hall–Kier alpha value is -2.13. The molecule has 0 spiro atoms. The molecular weight excluding hydrogens is 489 g/mol. The number of nitrogens with two attached hydrogens (primary N) is 1. The van der Waals surface area contributed by atoms with E-state index in [1.165, 1.54) is 43.5 Å². The number of aliphatic imine (C=N–C) groups is 1. The Morgan fingerprint density at radius 1 is 0.900 bits per heavy atom. The first-order valence-electron chi connectivity index (χ1n) is 10.3. The minimum atomic E-state index is -0.413. The largest absolute Gasteiger partial charge is 0.366 e. The maximum absolute atomic E-state index is 11.1. The first kappa shape index (κ1) is 24.1. The molecule has 0 aliphatic carbocycles. The minimum Gasteiger partial charge on any atom is -0.366 e. The third-order valence-electron chi connectivity index (χ3n) is 5.26. The lowest BCUT2D eigenvalue weighted by molar-refractivity contribution is 0.100. The van der Waals surface area contributed by atoms with Crippen LogP contribution >= 0.6 is 24.0 Å². The molecule has 4 N–H and O–H groups in total. The molecule has 2 aromatic carbocycles. The molecule has 1 saturated heterocycles. The van der Waals surface area contributed by atoms with E-state index in [0.29, 0.717) is 18.7 Å². The Bertz CT molecular complexity index is 814. The summed E-state index contributed by atoms with van der Waals surface area (Å²) in [5.74, 6) is 0.324. The van der Waals surface area contributed by atoms with Crippen LogP contribution in [0.2, 0.25) is 0 Å². The number of hydrogen-bond donors (Lipinski definition) is 3. The van der Waals surface area contributed by atoms with Crippen molar-refractivity contribution in [3.8, 4) is 0 Å². The predicted molar refractivity (Wildman–Crippen MR) is 133 cm³/mol. The summed E-state index contributed by atoms with van der Waals surface area (Å²) in [5.41, 5.74) is 9.44. The average Bonchev–Trinajstić information content (AvgIpc) is 2.76. The van der Waals surface area contributed by atoms with Gasteiger partial charge in [-0.2, -0.15) is 0 Å². The van der Waals surface area contributed by atoms with Gasteiger partial charge in [-0.05, 0) is 54.8 Å². The van der Waals surface area contributed by atoms with Crippen molar-refractivity contribution in [2.45, 2.75) is 38.9 Å². The standard InChI is InChI=1S/C23H31N5O.HI/c1-25-23(27-16-19-9-11-21(12-10-19)22(24)29)26-15-18-5-7-20(8-6-18)17-28-13-3-2-4-14-28;/h5-12H,2-4,13-17H2,1H3,(H2,24,29)(H2,25,26,27);1H. The molecule has 2 aromatic rings. The number of likely N-dealkylation sites (tertiary alicyclic amines) is 1. The molecule has 1 amide bonds. The Kier molecular flexibility index (Phi) is 10.1. The second-order valence-electron chi connectivity index (χ2n) is 7.49. The molecule has 1 aliphatic heterocycles. The quantitative estimate of drug-likeness (QED) is 0.297. The number of carbonyl (C=O) groups is 1. The number of benzene rings is 2. The number of nitrogens with zero attached hydrogens (tertiary/aromatic N) is 2. The molecule has 0 aromatic heterocycles. The van der Waals surface area contributed by atoms with Crippen LogP contribution in [0.5, 0.6) is 0 Å². The summed E-state index contributed by atoms with van der Waals surface area (Å²) in [6, 6.07) is 16.1. The van der Waals surface area contributed by atoms with Crippen LogP contribution in [0.25, 0.3) is 0 Å². The summed E-state index contributed by atoms with van der Waals surface area (Å²) >= 11 is 0. The van der Waals surface area contributed by atoms with E-state index in [4.69, 9.17) is 5.73 Å². The normalized spacial score (nSPS) is 14.6. The van der Waals surface area contributed by atoms with E-state index in [1.54, 1.807) is 19.2 Å². The monoisotopic (exact) mass is 521 g/mol. The molecule has 6 nitrogen and oxygen atoms in total. The SMILES string of the molecule is CN=C(NCc1ccc(CN2CCCCC2)cc1)NCc1ccc(C(N)=O)cc1.I. The van der Waals surface area contributed by atoms with Crippen LogP contribution in [-0.2, 0) is 19.6 Å². The zero-order valence-corrected chi connectivity index (χ0v) is 19.9. The topological polar surface area (TPSA) is 82.8 Å². The van der Waals surface area contributed by atoms with Crippen LogP contribution in [0.15, 0.2) is 53.5 Å². The highest BCUT2D eigenvalue weighted by Crippen LogP contribution is 2.13. The highest BCUT2D eigenvalue weighted by Gasteiger charge is 2.10. The molecule has 1 aliphatic rings. The van der Waals surface area contributed by atoms with Gasteiger partial charge in [0, 0.05) is 32.2 Å². The van der Waals surface area contributed by atoms with Gasteiger partial charge in [-0.25, -0.2) is 0 Å². The molecule has 0 unspecified atom stereocenters. The lowest BCUT2D eigenvalue weighted by Gasteiger charge is -2.26. The van der Waals surface area contributed by atoms with Gasteiger partial charge in [-0.1, -0.05) is 42.8 Å². The van der Waals surface area contributed by atoms with Crippen molar-refractivity contribution in [2.75, 3.05) is 20.1 Å². The van der Waals surface area contributed by atoms with E-state index in [0.717, 1.165) is 18.1 Å². The van der Waals surface area contributed by atoms with Gasteiger partial charge in [-0.3, -0.25) is 14.7 Å². The Labute approximate surface area is 196 Å². The van der Waals surface area contributed by atoms with Crippen molar-refractivity contribution in [1.29, 1.82) is 0 Å². The summed E-state index contributed by atoms with van der Waals surface area (Å²) in [4.78, 5) is 18.0. The molecule has 7 heteroatoms. The molecule has 162 valence electrons. The van der Waals surface area contributed by atoms with Crippen LogP contribution in [0.4, 0.5) is 0 Å². The van der Waals surface area contributed by atoms with Crippen molar-refractivity contribution >= 4 is 35.8 Å². The van der Waals surface area contributed by atoms with Crippen LogP contribution in [-0.4, -0.2) is 36.9 Å². The smallest absolute Gasteiger partial charge is 0.248 e. The van der Waals surface area contributed by atoms with E-state index in [2.05, 4.69) is 44.8 Å². The highest BCUT2D eigenvalue weighted by molar-refractivity contribution is 14.0. The second kappa shape index (κ2) is 12.5. The molecule has 0 saturated carbocycles. The number of guanidine groups is 1. The van der Waals surface area contributed by atoms with Gasteiger partial charge in [0.15, 0.2) is 5.96 Å². The van der Waals surface area contributed by atoms with E-state index >= 15 is 0 Å². The van der Waals surface area contributed by atoms with Gasteiger partial charge in [0.05, 0.1) is 0 Å². The summed E-state index contributed by atoms with van der Waals surface area (Å²) in [5, 5.41) is 6.63. The van der Waals surface area contributed by atoms with Crippen molar-refractivity contribution in [3.63, 3.8) is 0 Å². The number of primary amides is 1. The van der Waals surface area contributed by atoms with Crippen LogP contribution in [0.1, 0.15) is 46.3 Å². The number of nitrogens with one attached hydrogen (secondary N) is 2. The summed E-state index contributed by atoms with van der Waals surface area (Å²) in [6.45, 7) is 4.82. The molecule has 0 radical (unpaired) electrons. The number of rotatable bonds is 7. The first-order valence-corrected chi connectivity index (χ1v) is 10.3. The summed E-state index contributed by atoms with van der Waals surface area (Å²) in [7, 11) is 1.76. The number of hydrogen-bond acceptors (Lipinski definition) is 3. The Morgan fingerprint density at radius 3 is 1.90 bits per heavy atom. The summed E-state index contributed by atoms with van der Waals surface area (Å²) < 4.78 is 0. The predicted octanol–water partition coefficient (Wildman–Crippen LogP) is 3.25. The third-order valence-corrected chi connectivity index (χ3v) is 5.26. The van der Waals surface area contributed by atoms with Gasteiger partial charge < -0.3 is 16.4 Å². The van der Waals surface area contributed by atoms with Crippen LogP contribution in [0.3, 0.4) is 0 Å². The van der Waals surface area contributed by atoms with E-state index in [1.807, 2.05) is 12.1 Å². The van der Waals surface area contributed by atoms with Gasteiger partial charge in [0.25, 0.3) is 0 Å². The number of piperidine rings is 1. The number of carbonyl (C=O) groups excluding carboxylic acids is 1. The summed E-state index contributed by atoms with van der Waals surface area (Å²) in [6.07, 6.45) is 4.02. The maximum Gasteiger partial charge on any atom is 0.248 e.